The van der Waals surface area contributed by atoms with Gasteiger partial charge in [0.05, 0.1) is 21.7 Å². The van der Waals surface area contributed by atoms with E-state index in [1.165, 1.54) is 18.2 Å². The molecule has 3 rings (SSSR count). The lowest BCUT2D eigenvalue weighted by molar-refractivity contribution is 0.0557. The summed E-state index contributed by atoms with van der Waals surface area (Å²) < 4.78 is 18.7. The first-order valence-corrected chi connectivity index (χ1v) is 7.02. The van der Waals surface area contributed by atoms with E-state index in [2.05, 4.69) is 15.9 Å². The van der Waals surface area contributed by atoms with Gasteiger partial charge < -0.3 is 9.72 Å². The van der Waals surface area contributed by atoms with E-state index in [1.54, 1.807) is 18.2 Å². The monoisotopic (exact) mass is 328 g/mol. The quantitative estimate of drug-likeness (QED) is 0.587. The van der Waals surface area contributed by atoms with Crippen molar-refractivity contribution in [1.29, 1.82) is 0 Å². The number of terminal acetylenes is 1. The molecule has 3 aromatic rings. The third-order valence-electron chi connectivity index (χ3n) is 3.19. The van der Waals surface area contributed by atoms with Crippen LogP contribution in [0.2, 0.25) is 5.02 Å². The van der Waals surface area contributed by atoms with E-state index in [0.717, 1.165) is 0 Å². The number of rotatable bonds is 3. The number of nitrogens with one attached hydrogen (secondary N) is 1. The molecule has 0 aliphatic rings. The van der Waals surface area contributed by atoms with Crippen molar-refractivity contribution < 1.29 is 13.9 Å². The zero-order valence-corrected chi connectivity index (χ0v) is 12.5. The largest absolute Gasteiger partial charge is 0.449 e. The van der Waals surface area contributed by atoms with E-state index in [0.29, 0.717) is 22.4 Å². The summed E-state index contributed by atoms with van der Waals surface area (Å²) >= 11 is 6.16. The van der Waals surface area contributed by atoms with Crippen molar-refractivity contribution in [3.8, 4) is 23.7 Å². The molecule has 0 aliphatic heterocycles. The number of fused-ring (bicyclic) bond motifs is 1. The molecule has 4 nitrogen and oxygen atoms in total. The maximum absolute atomic E-state index is 13.9. The molecule has 0 bridgehead atoms. The van der Waals surface area contributed by atoms with Crippen LogP contribution < -0.4 is 0 Å². The minimum Gasteiger partial charge on any atom is -0.449 e. The molecule has 0 atom stereocenters. The van der Waals surface area contributed by atoms with Crippen LogP contribution in [-0.4, -0.2) is 22.5 Å². The first-order valence-electron chi connectivity index (χ1n) is 6.65. The number of carbonyl (C=O) groups excluding carboxylic acids is 1. The second-order valence-electron chi connectivity index (χ2n) is 4.70. The van der Waals surface area contributed by atoms with Crippen LogP contribution in [0.4, 0.5) is 4.39 Å². The Bertz CT molecular complexity index is 943. The molecule has 0 amide bonds. The molecule has 0 saturated carbocycles. The average molecular weight is 329 g/mol. The summed E-state index contributed by atoms with van der Waals surface area (Å²) in [4.78, 5) is 19.1. The van der Waals surface area contributed by atoms with Gasteiger partial charge in [-0.15, -0.1) is 6.42 Å². The number of nitrogens with zero attached hydrogens (tertiary/aromatic N) is 1. The molecule has 1 heterocycles. The Morgan fingerprint density at radius 3 is 2.91 bits per heavy atom. The number of hydrogen-bond donors (Lipinski definition) is 1. The van der Waals surface area contributed by atoms with Gasteiger partial charge >= 0.3 is 5.97 Å². The predicted molar refractivity (Wildman–Crippen MR) is 85.6 cm³/mol. The maximum Gasteiger partial charge on any atom is 0.339 e. The second-order valence-corrected chi connectivity index (χ2v) is 5.11. The molecule has 0 aliphatic carbocycles. The van der Waals surface area contributed by atoms with E-state index < -0.39 is 11.8 Å². The Morgan fingerprint density at radius 2 is 2.17 bits per heavy atom. The van der Waals surface area contributed by atoms with Crippen LogP contribution in [-0.2, 0) is 4.74 Å². The Morgan fingerprint density at radius 1 is 1.39 bits per heavy atom. The topological polar surface area (TPSA) is 55.0 Å². The lowest BCUT2D eigenvalue weighted by Crippen LogP contribution is -2.05. The third kappa shape index (κ3) is 2.89. The van der Waals surface area contributed by atoms with E-state index in [1.807, 2.05) is 0 Å². The highest BCUT2D eigenvalue weighted by Gasteiger charge is 2.15. The van der Waals surface area contributed by atoms with Gasteiger partial charge in [0, 0.05) is 0 Å². The van der Waals surface area contributed by atoms with Gasteiger partial charge in [-0.3, -0.25) is 0 Å². The molecule has 0 saturated heterocycles. The highest BCUT2D eigenvalue weighted by atomic mass is 35.5. The van der Waals surface area contributed by atoms with Crippen molar-refractivity contribution in [3.05, 3.63) is 52.8 Å². The summed E-state index contributed by atoms with van der Waals surface area (Å²) in [7, 11) is 0. The van der Waals surface area contributed by atoms with Gasteiger partial charge in [-0.25, -0.2) is 14.2 Å². The fourth-order valence-corrected chi connectivity index (χ4v) is 2.43. The first kappa shape index (κ1) is 15.1. The highest BCUT2D eigenvalue weighted by Crippen LogP contribution is 2.28. The van der Waals surface area contributed by atoms with Crippen molar-refractivity contribution in [2.75, 3.05) is 6.61 Å². The minimum absolute atomic E-state index is 0.127. The van der Waals surface area contributed by atoms with Crippen LogP contribution in [0.3, 0.4) is 0 Å². The predicted octanol–water partition coefficient (Wildman–Crippen LogP) is 3.81. The maximum atomic E-state index is 13.9. The standard InChI is InChI=1S/C17H10ClFN2O2/c1-2-7-23-17(22)10-8-12(18)15-14(9-10)20-16(21-15)11-5-3-4-6-13(11)19/h1,3-6,8-9H,7H2,(H,20,21). The van der Waals surface area contributed by atoms with E-state index in [4.69, 9.17) is 22.8 Å². The third-order valence-corrected chi connectivity index (χ3v) is 3.48. The molecule has 0 spiro atoms. The van der Waals surface area contributed by atoms with Gasteiger partial charge in [0.2, 0.25) is 0 Å². The summed E-state index contributed by atoms with van der Waals surface area (Å²) in [5.41, 5.74) is 1.50. The van der Waals surface area contributed by atoms with Crippen molar-refractivity contribution in [3.63, 3.8) is 0 Å². The van der Waals surface area contributed by atoms with Crippen molar-refractivity contribution in [1.82, 2.24) is 9.97 Å². The molecule has 1 N–H and O–H groups in total. The smallest absolute Gasteiger partial charge is 0.339 e. The van der Waals surface area contributed by atoms with Crippen LogP contribution in [0.15, 0.2) is 36.4 Å². The van der Waals surface area contributed by atoms with Gasteiger partial charge in [-0.1, -0.05) is 29.7 Å². The van der Waals surface area contributed by atoms with Gasteiger partial charge in [-0.05, 0) is 24.3 Å². The normalized spacial score (nSPS) is 10.5. The fourth-order valence-electron chi connectivity index (χ4n) is 2.16. The van der Waals surface area contributed by atoms with Gasteiger partial charge in [0.25, 0.3) is 0 Å². The van der Waals surface area contributed by atoms with Crippen molar-refractivity contribution in [2.45, 2.75) is 0 Å². The van der Waals surface area contributed by atoms with E-state index in [9.17, 15) is 9.18 Å². The minimum atomic E-state index is -0.589. The molecule has 1 aromatic heterocycles. The number of H-pyrrole nitrogens is 1. The number of aromatic nitrogens is 2. The molecule has 6 heteroatoms. The van der Waals surface area contributed by atoms with Crippen molar-refractivity contribution in [2.24, 2.45) is 0 Å². The van der Waals surface area contributed by atoms with Crippen LogP contribution in [0, 0.1) is 18.2 Å². The zero-order chi connectivity index (χ0) is 16.4. The SMILES string of the molecule is C#CCOC(=O)c1cc(Cl)c2nc(-c3ccccc3F)[nH]c2c1. The van der Waals surface area contributed by atoms with E-state index in [-0.39, 0.29) is 17.2 Å². The number of esters is 1. The lowest BCUT2D eigenvalue weighted by Gasteiger charge is -2.02. The zero-order valence-electron chi connectivity index (χ0n) is 11.8. The van der Waals surface area contributed by atoms with Crippen LogP contribution >= 0.6 is 11.6 Å². The second kappa shape index (κ2) is 6.11. The van der Waals surface area contributed by atoms with Crippen molar-refractivity contribution >= 4 is 28.6 Å². The number of carbonyl (C=O) groups is 1. The summed E-state index contributed by atoms with van der Waals surface area (Å²) in [6, 6.07) is 9.21. The molecule has 114 valence electrons. The highest BCUT2D eigenvalue weighted by molar-refractivity contribution is 6.35. The van der Waals surface area contributed by atoms with Gasteiger partial charge in [0.15, 0.2) is 6.61 Å². The lowest BCUT2D eigenvalue weighted by atomic mass is 10.2. The summed E-state index contributed by atoms with van der Waals surface area (Å²) in [5.74, 6) is 1.55. The Kier molecular flexibility index (Phi) is 4.00. The summed E-state index contributed by atoms with van der Waals surface area (Å²) in [5, 5.41) is 0.258. The molecule has 0 radical (unpaired) electrons. The number of imidazole rings is 1. The molecule has 2 aromatic carbocycles. The number of halogens is 2. The Labute approximate surface area is 136 Å². The van der Waals surface area contributed by atoms with Crippen LogP contribution in [0.25, 0.3) is 22.4 Å². The Hall–Kier alpha value is -2.84. The molecular weight excluding hydrogens is 319 g/mol. The molecular formula is C17H10ClFN2O2. The summed E-state index contributed by atoms with van der Waals surface area (Å²) in [6.07, 6.45) is 5.05. The molecule has 23 heavy (non-hydrogen) atoms. The van der Waals surface area contributed by atoms with Crippen LogP contribution in [0.1, 0.15) is 10.4 Å². The molecule has 0 fully saturated rings. The molecule has 0 unspecified atom stereocenters. The number of aromatic amines is 1. The first-order chi connectivity index (χ1) is 11.1. The number of hydrogen-bond acceptors (Lipinski definition) is 3. The van der Waals surface area contributed by atoms with Gasteiger partial charge in [0.1, 0.15) is 17.2 Å². The summed E-state index contributed by atoms with van der Waals surface area (Å²) in [6.45, 7) is -0.127. The number of benzene rings is 2. The number of ether oxygens (including phenoxy) is 1. The average Bonchev–Trinajstić information content (AvgIpc) is 2.97. The van der Waals surface area contributed by atoms with E-state index >= 15 is 0 Å². The van der Waals surface area contributed by atoms with Gasteiger partial charge in [-0.2, -0.15) is 0 Å². The fraction of sp³-hybridized carbons (Fsp3) is 0.0588. The van der Waals surface area contributed by atoms with Crippen LogP contribution in [0.5, 0.6) is 0 Å². The Balaban J connectivity index is 2.07.